The monoisotopic (exact) mass is 356 g/mol. The largest absolute Gasteiger partial charge is 0.236 e. The molecule has 0 aliphatic rings. The molecule has 0 bridgehead atoms. The number of aryl methyl sites for hydroxylation is 1. The first kappa shape index (κ1) is 13.5. The lowest BCUT2D eigenvalue weighted by atomic mass is 10.4. The van der Waals surface area contributed by atoms with Crippen LogP contribution >= 0.6 is 46.0 Å². The SMILES string of the molecule is CCC(C)SCc1nc(C)c(I)c(Cl)n1. The molecule has 1 rings (SSSR count). The molecule has 0 amide bonds. The van der Waals surface area contributed by atoms with Crippen molar-refractivity contribution in [3.8, 4) is 0 Å². The lowest BCUT2D eigenvalue weighted by molar-refractivity contribution is 0.899. The molecule has 1 unspecified atom stereocenters. The van der Waals surface area contributed by atoms with Crippen molar-refractivity contribution in [1.29, 1.82) is 0 Å². The molecule has 2 nitrogen and oxygen atoms in total. The standard InChI is InChI=1S/C10H14ClIN2S/c1-4-6(2)15-5-8-13-7(3)9(12)10(11)14-8/h6H,4-5H2,1-3H3. The number of halogens is 2. The van der Waals surface area contributed by atoms with E-state index < -0.39 is 0 Å². The van der Waals surface area contributed by atoms with Gasteiger partial charge in [-0.1, -0.05) is 25.4 Å². The molecule has 15 heavy (non-hydrogen) atoms. The van der Waals surface area contributed by atoms with Gasteiger partial charge >= 0.3 is 0 Å². The minimum absolute atomic E-state index is 0.572. The normalized spacial score (nSPS) is 12.9. The molecule has 1 heterocycles. The van der Waals surface area contributed by atoms with Crippen LogP contribution in [0.15, 0.2) is 0 Å². The molecule has 0 aliphatic heterocycles. The van der Waals surface area contributed by atoms with E-state index in [0.717, 1.165) is 20.8 Å². The highest BCUT2D eigenvalue weighted by Crippen LogP contribution is 2.22. The van der Waals surface area contributed by atoms with Crippen LogP contribution in [0.2, 0.25) is 5.15 Å². The third-order valence-electron chi connectivity index (χ3n) is 2.09. The van der Waals surface area contributed by atoms with Crippen molar-refractivity contribution in [2.45, 2.75) is 38.2 Å². The molecule has 0 radical (unpaired) electrons. The van der Waals surface area contributed by atoms with E-state index in [1.54, 1.807) is 0 Å². The lowest BCUT2D eigenvalue weighted by Crippen LogP contribution is -2.01. The summed E-state index contributed by atoms with van der Waals surface area (Å²) >= 11 is 10.0. The molecular weight excluding hydrogens is 343 g/mol. The summed E-state index contributed by atoms with van der Waals surface area (Å²) < 4.78 is 0.951. The number of nitrogens with zero attached hydrogens (tertiary/aromatic N) is 2. The zero-order valence-electron chi connectivity index (χ0n) is 9.05. The van der Waals surface area contributed by atoms with Gasteiger partial charge in [0, 0.05) is 5.25 Å². The predicted octanol–water partition coefficient (Wildman–Crippen LogP) is 4.07. The van der Waals surface area contributed by atoms with Crippen LogP contribution in [-0.4, -0.2) is 15.2 Å². The Morgan fingerprint density at radius 3 is 2.67 bits per heavy atom. The Morgan fingerprint density at radius 2 is 2.13 bits per heavy atom. The molecule has 0 N–H and O–H groups in total. The third-order valence-corrected chi connectivity index (χ3v) is 5.31. The second kappa shape index (κ2) is 6.25. The molecule has 1 aromatic heterocycles. The van der Waals surface area contributed by atoms with Crippen LogP contribution < -0.4 is 0 Å². The van der Waals surface area contributed by atoms with Crippen LogP contribution in [0.5, 0.6) is 0 Å². The highest BCUT2D eigenvalue weighted by atomic mass is 127. The van der Waals surface area contributed by atoms with Gasteiger partial charge in [-0.2, -0.15) is 11.8 Å². The first-order valence-corrected chi connectivity index (χ1v) is 7.35. The van der Waals surface area contributed by atoms with Crippen LogP contribution in [-0.2, 0) is 5.75 Å². The Balaban J connectivity index is 2.70. The van der Waals surface area contributed by atoms with E-state index >= 15 is 0 Å². The quantitative estimate of drug-likeness (QED) is 0.600. The smallest absolute Gasteiger partial charge is 0.146 e. The van der Waals surface area contributed by atoms with Gasteiger partial charge in [0.05, 0.1) is 15.0 Å². The van der Waals surface area contributed by atoms with Gasteiger partial charge in [-0.25, -0.2) is 9.97 Å². The van der Waals surface area contributed by atoms with E-state index in [1.165, 1.54) is 6.42 Å². The van der Waals surface area contributed by atoms with Crippen molar-refractivity contribution in [1.82, 2.24) is 9.97 Å². The van der Waals surface area contributed by atoms with Crippen molar-refractivity contribution in [2.75, 3.05) is 0 Å². The Kier molecular flexibility index (Phi) is 5.63. The van der Waals surface area contributed by atoms with Gasteiger partial charge in [0.1, 0.15) is 11.0 Å². The lowest BCUT2D eigenvalue weighted by Gasteiger charge is -2.08. The van der Waals surface area contributed by atoms with Gasteiger partial charge in [0.2, 0.25) is 0 Å². The summed E-state index contributed by atoms with van der Waals surface area (Å²) in [5.41, 5.74) is 0.968. The van der Waals surface area contributed by atoms with Gasteiger partial charge in [0.25, 0.3) is 0 Å². The van der Waals surface area contributed by atoms with E-state index in [-0.39, 0.29) is 0 Å². The van der Waals surface area contributed by atoms with Crippen molar-refractivity contribution >= 4 is 46.0 Å². The first-order chi connectivity index (χ1) is 7.04. The molecular formula is C10H14ClIN2S. The van der Waals surface area contributed by atoms with Crippen molar-refractivity contribution in [3.63, 3.8) is 0 Å². The average Bonchev–Trinajstić information content (AvgIpc) is 2.22. The van der Waals surface area contributed by atoms with Gasteiger partial charge in [0.15, 0.2) is 0 Å². The summed E-state index contributed by atoms with van der Waals surface area (Å²) in [7, 11) is 0. The summed E-state index contributed by atoms with van der Waals surface area (Å²) in [5.74, 6) is 1.68. The number of thioether (sulfide) groups is 1. The zero-order chi connectivity index (χ0) is 11.4. The maximum absolute atomic E-state index is 6.00. The molecule has 84 valence electrons. The number of aromatic nitrogens is 2. The fraction of sp³-hybridized carbons (Fsp3) is 0.600. The molecule has 0 aromatic carbocycles. The molecule has 1 atom stereocenters. The second-order valence-electron chi connectivity index (χ2n) is 3.36. The topological polar surface area (TPSA) is 25.8 Å². The maximum Gasteiger partial charge on any atom is 0.146 e. The van der Waals surface area contributed by atoms with Gasteiger partial charge in [-0.15, -0.1) is 0 Å². The van der Waals surface area contributed by atoms with Crippen molar-refractivity contribution in [3.05, 3.63) is 20.2 Å². The molecule has 0 fully saturated rings. The number of hydrogen-bond donors (Lipinski definition) is 0. The summed E-state index contributed by atoms with van der Waals surface area (Å²) in [4.78, 5) is 8.68. The molecule has 1 aromatic rings. The molecule has 0 saturated carbocycles. The maximum atomic E-state index is 6.00. The molecule has 0 spiro atoms. The van der Waals surface area contributed by atoms with Crippen molar-refractivity contribution in [2.24, 2.45) is 0 Å². The zero-order valence-corrected chi connectivity index (χ0v) is 12.8. The van der Waals surface area contributed by atoms with Crippen LogP contribution in [0.25, 0.3) is 0 Å². The van der Waals surface area contributed by atoms with Crippen LogP contribution in [0, 0.1) is 10.5 Å². The van der Waals surface area contributed by atoms with Gasteiger partial charge in [-0.05, 0) is 35.9 Å². The van der Waals surface area contributed by atoms with Gasteiger partial charge < -0.3 is 0 Å². The molecule has 5 heteroatoms. The van der Waals surface area contributed by atoms with Crippen molar-refractivity contribution < 1.29 is 0 Å². The Morgan fingerprint density at radius 1 is 1.47 bits per heavy atom. The van der Waals surface area contributed by atoms with E-state index in [9.17, 15) is 0 Å². The fourth-order valence-corrected chi connectivity index (χ4v) is 2.25. The van der Waals surface area contributed by atoms with Crippen LogP contribution in [0.4, 0.5) is 0 Å². The third kappa shape index (κ3) is 4.07. The molecule has 0 aliphatic carbocycles. The second-order valence-corrected chi connectivity index (χ2v) is 6.22. The predicted molar refractivity (Wildman–Crippen MR) is 75.5 cm³/mol. The highest BCUT2D eigenvalue weighted by Gasteiger charge is 2.08. The fourth-order valence-electron chi connectivity index (χ4n) is 0.979. The first-order valence-electron chi connectivity index (χ1n) is 4.84. The van der Waals surface area contributed by atoms with E-state index in [4.69, 9.17) is 11.6 Å². The van der Waals surface area contributed by atoms with Crippen LogP contribution in [0.1, 0.15) is 31.8 Å². The Hall–Kier alpha value is 0.450. The number of rotatable bonds is 4. The van der Waals surface area contributed by atoms with E-state index in [2.05, 4.69) is 46.4 Å². The minimum Gasteiger partial charge on any atom is -0.236 e. The minimum atomic E-state index is 0.572. The summed E-state index contributed by atoms with van der Waals surface area (Å²) in [6, 6.07) is 0. The van der Waals surface area contributed by atoms with Crippen LogP contribution in [0.3, 0.4) is 0 Å². The molecule has 0 saturated heterocycles. The Labute approximate surface area is 114 Å². The van der Waals surface area contributed by atoms with E-state index in [1.807, 2.05) is 18.7 Å². The summed E-state index contributed by atoms with van der Waals surface area (Å²) in [5, 5.41) is 1.22. The summed E-state index contributed by atoms with van der Waals surface area (Å²) in [6.45, 7) is 6.36. The Bertz CT molecular complexity index is 323. The highest BCUT2D eigenvalue weighted by molar-refractivity contribution is 14.1. The average molecular weight is 357 g/mol. The summed E-state index contributed by atoms with van der Waals surface area (Å²) in [6.07, 6.45) is 1.17. The van der Waals surface area contributed by atoms with Gasteiger partial charge in [-0.3, -0.25) is 0 Å². The van der Waals surface area contributed by atoms with E-state index in [0.29, 0.717) is 10.4 Å². The number of hydrogen-bond acceptors (Lipinski definition) is 3.